The number of fused-ring (bicyclic) bond motifs is 2. The first-order chi connectivity index (χ1) is 19.1. The van der Waals surface area contributed by atoms with Crippen LogP contribution in [-0.2, 0) is 18.9 Å². The minimum absolute atomic E-state index is 0.0193. The maximum atomic E-state index is 14.7. The average Bonchev–Trinajstić information content (AvgIpc) is 3.28. The lowest BCUT2D eigenvalue weighted by atomic mass is 9.66. The van der Waals surface area contributed by atoms with E-state index in [1.54, 1.807) is 26.1 Å². The van der Waals surface area contributed by atoms with E-state index in [0.29, 0.717) is 17.1 Å². The summed E-state index contributed by atoms with van der Waals surface area (Å²) in [6.07, 6.45) is 0.226. The number of carbonyl (C=O) groups excluding carboxylic acids is 2. The quantitative estimate of drug-likeness (QED) is 0.483. The van der Waals surface area contributed by atoms with Crippen molar-refractivity contribution in [3.63, 3.8) is 0 Å². The van der Waals surface area contributed by atoms with Crippen molar-refractivity contribution >= 4 is 29.0 Å². The molecule has 2 aromatic carbocycles. The Morgan fingerprint density at radius 1 is 1.00 bits per heavy atom. The maximum absolute atomic E-state index is 14.7. The van der Waals surface area contributed by atoms with Crippen LogP contribution in [0.25, 0.3) is 0 Å². The molecule has 206 valence electrons. The molecule has 6 rings (SSSR count). The van der Waals surface area contributed by atoms with Crippen LogP contribution >= 0.6 is 11.6 Å². The van der Waals surface area contributed by atoms with E-state index in [1.807, 2.05) is 18.2 Å². The number of benzene rings is 2. The van der Waals surface area contributed by atoms with Gasteiger partial charge in [-0.25, -0.2) is 4.79 Å². The second-order valence-corrected chi connectivity index (χ2v) is 10.6. The lowest BCUT2D eigenvalue weighted by Crippen LogP contribution is -2.58. The third-order valence-corrected chi connectivity index (χ3v) is 8.57. The molecule has 10 nitrogen and oxygen atoms in total. The standard InChI is InChI=1S/C29H26ClN3O7/c1-13-11-15-19(24(34)29(13)25(35)20-16(38-4)12-17(39-5)22(30)23(20)40-29)18(14-9-7-6-8-10-14)21-26(31-15)32(2)28(37)33(3)27(21)36/h6-10,12-13,18,31H,11H2,1-5H3/t13-,18-,29+/m1/s1. The van der Waals surface area contributed by atoms with Crippen LogP contribution in [0.4, 0.5) is 5.82 Å². The lowest BCUT2D eigenvalue weighted by molar-refractivity contribution is -0.130. The van der Waals surface area contributed by atoms with Gasteiger partial charge in [0, 0.05) is 43.3 Å². The van der Waals surface area contributed by atoms with Crippen molar-refractivity contribution in [2.24, 2.45) is 20.0 Å². The number of aromatic nitrogens is 2. The number of nitrogens with one attached hydrogen (secondary N) is 1. The molecule has 0 unspecified atom stereocenters. The van der Waals surface area contributed by atoms with Crippen LogP contribution in [0.15, 0.2) is 57.3 Å². The van der Waals surface area contributed by atoms with E-state index in [9.17, 15) is 19.2 Å². The molecule has 1 aromatic heterocycles. The number of nitrogens with zero attached hydrogens (tertiary/aromatic N) is 2. The number of ketones is 2. The summed E-state index contributed by atoms with van der Waals surface area (Å²) in [5.74, 6) is -1.91. The van der Waals surface area contributed by atoms with Gasteiger partial charge in [-0.3, -0.25) is 23.5 Å². The predicted molar refractivity (Wildman–Crippen MR) is 147 cm³/mol. The van der Waals surface area contributed by atoms with E-state index >= 15 is 0 Å². The van der Waals surface area contributed by atoms with E-state index in [4.69, 9.17) is 25.8 Å². The zero-order valence-electron chi connectivity index (χ0n) is 22.5. The summed E-state index contributed by atoms with van der Waals surface area (Å²) in [5.41, 5.74) is -1.27. The molecule has 0 bridgehead atoms. The second kappa shape index (κ2) is 8.85. The zero-order valence-corrected chi connectivity index (χ0v) is 23.2. The number of hydrogen-bond acceptors (Lipinski definition) is 8. The summed E-state index contributed by atoms with van der Waals surface area (Å²) in [4.78, 5) is 55.4. The summed E-state index contributed by atoms with van der Waals surface area (Å²) in [6, 6.07) is 10.5. The van der Waals surface area contributed by atoms with Gasteiger partial charge >= 0.3 is 5.69 Å². The number of halogens is 1. The molecule has 3 heterocycles. The van der Waals surface area contributed by atoms with Crippen molar-refractivity contribution in [3.8, 4) is 17.2 Å². The molecule has 1 aliphatic carbocycles. The van der Waals surface area contributed by atoms with Crippen LogP contribution < -0.4 is 30.8 Å². The van der Waals surface area contributed by atoms with E-state index in [2.05, 4.69) is 5.32 Å². The molecular weight excluding hydrogens is 538 g/mol. The van der Waals surface area contributed by atoms with Gasteiger partial charge in [-0.1, -0.05) is 48.9 Å². The van der Waals surface area contributed by atoms with E-state index in [-0.39, 0.29) is 45.4 Å². The first-order valence-electron chi connectivity index (χ1n) is 12.7. The predicted octanol–water partition coefficient (Wildman–Crippen LogP) is 3.19. The van der Waals surface area contributed by atoms with Crippen LogP contribution in [0, 0.1) is 5.92 Å². The summed E-state index contributed by atoms with van der Waals surface area (Å²) >= 11 is 6.58. The molecule has 40 heavy (non-hydrogen) atoms. The topological polar surface area (TPSA) is 118 Å². The largest absolute Gasteiger partial charge is 0.496 e. The van der Waals surface area contributed by atoms with E-state index < -0.39 is 40.3 Å². The molecule has 0 saturated carbocycles. The van der Waals surface area contributed by atoms with Gasteiger partial charge in [0.2, 0.25) is 17.2 Å². The smallest absolute Gasteiger partial charge is 0.332 e. The van der Waals surface area contributed by atoms with Gasteiger partial charge in [0.1, 0.15) is 27.9 Å². The van der Waals surface area contributed by atoms with Crippen molar-refractivity contribution in [2.45, 2.75) is 24.9 Å². The Morgan fingerprint density at radius 3 is 2.33 bits per heavy atom. The Hall–Kier alpha value is -4.31. The Labute approximate surface area is 233 Å². The molecule has 2 aliphatic heterocycles. The highest BCUT2D eigenvalue weighted by atomic mass is 35.5. The molecule has 3 aliphatic rings. The van der Waals surface area contributed by atoms with Crippen molar-refractivity contribution < 1.29 is 23.8 Å². The van der Waals surface area contributed by atoms with Crippen molar-refractivity contribution in [2.75, 3.05) is 19.5 Å². The number of hydrogen-bond donors (Lipinski definition) is 1. The van der Waals surface area contributed by atoms with Gasteiger partial charge in [-0.05, 0) is 12.0 Å². The van der Waals surface area contributed by atoms with Gasteiger partial charge < -0.3 is 19.5 Å². The SMILES string of the molecule is COc1cc(OC)c2c(c1Cl)O[C@@]1(C(=O)C3=C(C[C@H]1C)Nc1c(c(=O)n(C)c(=O)n1C)[C@@H]3c1ccccc1)C2=O. The molecule has 0 fully saturated rings. The molecule has 11 heteroatoms. The fraction of sp³-hybridized carbons (Fsp3) is 0.310. The number of anilines is 1. The second-order valence-electron chi connectivity index (χ2n) is 10.2. The Kier molecular flexibility index (Phi) is 5.74. The first-order valence-corrected chi connectivity index (χ1v) is 13.0. The molecule has 0 saturated heterocycles. The number of carbonyl (C=O) groups is 2. The maximum Gasteiger partial charge on any atom is 0.332 e. The fourth-order valence-corrected chi connectivity index (χ4v) is 6.43. The average molecular weight is 564 g/mol. The number of Topliss-reactive ketones (excluding diaryl/α,β-unsaturated/α-hetero) is 2. The monoisotopic (exact) mass is 563 g/mol. The highest BCUT2D eigenvalue weighted by Gasteiger charge is 2.63. The highest BCUT2D eigenvalue weighted by Crippen LogP contribution is 2.56. The normalized spacial score (nSPS) is 22.9. The van der Waals surface area contributed by atoms with Gasteiger partial charge in [0.25, 0.3) is 5.56 Å². The van der Waals surface area contributed by atoms with E-state index in [0.717, 1.165) is 4.57 Å². The molecular formula is C29H26ClN3O7. The summed E-state index contributed by atoms with van der Waals surface area (Å²) in [7, 11) is 5.79. The number of ether oxygens (including phenoxy) is 3. The van der Waals surface area contributed by atoms with Crippen LogP contribution in [-0.4, -0.2) is 40.5 Å². The van der Waals surface area contributed by atoms with Crippen LogP contribution in [0.3, 0.4) is 0 Å². The lowest BCUT2D eigenvalue weighted by Gasteiger charge is -2.42. The molecule has 0 amide bonds. The molecule has 1 spiro atoms. The Morgan fingerprint density at radius 2 is 1.68 bits per heavy atom. The number of rotatable bonds is 3. The fourth-order valence-electron chi connectivity index (χ4n) is 6.17. The molecule has 1 N–H and O–H groups in total. The minimum atomic E-state index is -1.94. The van der Waals surface area contributed by atoms with Gasteiger partial charge in [0.05, 0.1) is 19.8 Å². The third kappa shape index (κ3) is 3.16. The Balaban J connectivity index is 1.61. The van der Waals surface area contributed by atoms with Crippen LogP contribution in [0.2, 0.25) is 5.02 Å². The van der Waals surface area contributed by atoms with E-state index in [1.165, 1.54) is 31.9 Å². The summed E-state index contributed by atoms with van der Waals surface area (Å²) < 4.78 is 19.5. The summed E-state index contributed by atoms with van der Waals surface area (Å²) in [5, 5.41) is 3.26. The number of allylic oxidation sites excluding steroid dienone is 1. The van der Waals surface area contributed by atoms with Crippen molar-refractivity contribution in [1.29, 1.82) is 0 Å². The Bertz CT molecular complexity index is 1790. The zero-order chi connectivity index (χ0) is 28.7. The molecule has 3 atom stereocenters. The van der Waals surface area contributed by atoms with Crippen molar-refractivity contribution in [3.05, 3.63) is 90.2 Å². The first kappa shape index (κ1) is 25.9. The van der Waals surface area contributed by atoms with Crippen molar-refractivity contribution in [1.82, 2.24) is 9.13 Å². The minimum Gasteiger partial charge on any atom is -0.496 e. The molecule has 0 radical (unpaired) electrons. The summed E-state index contributed by atoms with van der Waals surface area (Å²) in [6.45, 7) is 1.75. The molecule has 3 aromatic rings. The highest BCUT2D eigenvalue weighted by molar-refractivity contribution is 6.36. The van der Waals surface area contributed by atoms with Gasteiger partial charge in [0.15, 0.2) is 5.75 Å². The third-order valence-electron chi connectivity index (χ3n) is 8.21. The van der Waals surface area contributed by atoms with Gasteiger partial charge in [-0.2, -0.15) is 0 Å². The van der Waals surface area contributed by atoms with Crippen LogP contribution in [0.1, 0.15) is 40.7 Å². The van der Waals surface area contributed by atoms with Gasteiger partial charge in [-0.15, -0.1) is 0 Å². The van der Waals surface area contributed by atoms with Crippen LogP contribution in [0.5, 0.6) is 17.2 Å². The number of methoxy groups -OCH3 is 2.